The minimum atomic E-state index is -0.824. The Kier molecular flexibility index (Phi) is 1.22. The van der Waals surface area contributed by atoms with Crippen molar-refractivity contribution in [2.24, 2.45) is 0 Å². The summed E-state index contributed by atoms with van der Waals surface area (Å²) in [5.74, 6) is -3.30. The van der Waals surface area contributed by atoms with Crippen LogP contribution in [0.4, 0.5) is 0 Å². The third-order valence-electron chi connectivity index (χ3n) is 0.824. The van der Waals surface area contributed by atoms with Gasteiger partial charge in [-0.05, 0) is 0 Å². The van der Waals surface area contributed by atoms with E-state index in [1.165, 1.54) is 0 Å². The Morgan fingerprint density at radius 3 is 1.00 bits per heavy atom. The Bertz CT molecular complexity index is 211. The number of hydrogen-bond acceptors (Lipinski definition) is 6. The van der Waals surface area contributed by atoms with Crippen LogP contribution in [0.25, 0.3) is 0 Å². The van der Waals surface area contributed by atoms with Gasteiger partial charge in [-0.3, -0.25) is 0 Å². The Labute approximate surface area is 55.0 Å². The molecular formula is C4H4N2O4. The summed E-state index contributed by atoms with van der Waals surface area (Å²) >= 11 is 0. The zero-order chi connectivity index (χ0) is 7.72. The molecular weight excluding hydrogens is 140 g/mol. The molecule has 0 spiro atoms. The summed E-state index contributed by atoms with van der Waals surface area (Å²) < 4.78 is 0. The molecule has 0 bridgehead atoms. The molecule has 0 aromatic carbocycles. The maximum Gasteiger partial charge on any atom is 0.279 e. The van der Waals surface area contributed by atoms with Crippen molar-refractivity contribution in [3.8, 4) is 23.5 Å². The van der Waals surface area contributed by atoms with Crippen molar-refractivity contribution in [3.63, 3.8) is 0 Å². The van der Waals surface area contributed by atoms with Gasteiger partial charge in [0.25, 0.3) is 23.5 Å². The smallest absolute Gasteiger partial charge is 0.279 e. The molecule has 1 aromatic heterocycles. The second-order valence-electron chi connectivity index (χ2n) is 1.52. The van der Waals surface area contributed by atoms with Crippen molar-refractivity contribution in [2.45, 2.75) is 0 Å². The molecule has 0 saturated carbocycles. The first-order chi connectivity index (χ1) is 4.61. The van der Waals surface area contributed by atoms with E-state index in [9.17, 15) is 0 Å². The second-order valence-corrected chi connectivity index (χ2v) is 1.52. The third-order valence-corrected chi connectivity index (χ3v) is 0.824. The minimum Gasteiger partial charge on any atom is -0.489 e. The van der Waals surface area contributed by atoms with Gasteiger partial charge in [0.05, 0.1) is 0 Å². The van der Waals surface area contributed by atoms with E-state index < -0.39 is 23.5 Å². The van der Waals surface area contributed by atoms with Gasteiger partial charge < -0.3 is 20.4 Å². The van der Waals surface area contributed by atoms with Crippen LogP contribution >= 0.6 is 0 Å². The van der Waals surface area contributed by atoms with E-state index in [0.29, 0.717) is 0 Å². The molecule has 6 nitrogen and oxygen atoms in total. The summed E-state index contributed by atoms with van der Waals surface area (Å²) in [6.07, 6.45) is 0. The van der Waals surface area contributed by atoms with Gasteiger partial charge in [-0.2, -0.15) is 9.97 Å². The van der Waals surface area contributed by atoms with Gasteiger partial charge in [-0.1, -0.05) is 0 Å². The fraction of sp³-hybridized carbons (Fsp3) is 0. The molecule has 4 N–H and O–H groups in total. The summed E-state index contributed by atoms with van der Waals surface area (Å²) in [7, 11) is 0. The van der Waals surface area contributed by atoms with Crippen molar-refractivity contribution < 1.29 is 20.4 Å². The highest BCUT2D eigenvalue weighted by Gasteiger charge is 2.08. The molecule has 0 aliphatic heterocycles. The lowest BCUT2D eigenvalue weighted by molar-refractivity contribution is 0.325. The largest absolute Gasteiger partial charge is 0.489 e. The van der Waals surface area contributed by atoms with Crippen LogP contribution in [0.3, 0.4) is 0 Å². The van der Waals surface area contributed by atoms with Crippen LogP contribution in [0.15, 0.2) is 0 Å². The van der Waals surface area contributed by atoms with Crippen LogP contribution in [0, 0.1) is 0 Å². The van der Waals surface area contributed by atoms with E-state index in [4.69, 9.17) is 20.4 Å². The molecule has 0 atom stereocenters. The van der Waals surface area contributed by atoms with E-state index in [1.807, 2.05) is 0 Å². The van der Waals surface area contributed by atoms with Gasteiger partial charge in [-0.25, -0.2) is 0 Å². The molecule has 0 saturated heterocycles. The highest BCUT2D eigenvalue weighted by molar-refractivity contribution is 5.32. The summed E-state index contributed by atoms with van der Waals surface area (Å²) in [4.78, 5) is 5.84. The van der Waals surface area contributed by atoms with Crippen molar-refractivity contribution in [1.29, 1.82) is 0 Å². The SMILES string of the molecule is Oc1nc(O)c(O)nc1O. The summed E-state index contributed by atoms with van der Waals surface area (Å²) in [5, 5.41) is 34.1. The maximum absolute atomic E-state index is 8.53. The highest BCUT2D eigenvalue weighted by atomic mass is 16.3. The zero-order valence-corrected chi connectivity index (χ0v) is 4.68. The molecule has 1 aromatic rings. The van der Waals surface area contributed by atoms with Crippen LogP contribution in [-0.2, 0) is 0 Å². The molecule has 1 rings (SSSR count). The van der Waals surface area contributed by atoms with Crippen molar-refractivity contribution in [3.05, 3.63) is 0 Å². The Hall–Kier alpha value is -1.72. The van der Waals surface area contributed by atoms with Crippen molar-refractivity contribution in [2.75, 3.05) is 0 Å². The first-order valence-corrected chi connectivity index (χ1v) is 2.29. The predicted octanol–water partition coefficient (Wildman–Crippen LogP) is -0.701. The van der Waals surface area contributed by atoms with Gasteiger partial charge >= 0.3 is 0 Å². The topological polar surface area (TPSA) is 107 Å². The Balaban J connectivity index is 3.28. The lowest BCUT2D eigenvalue weighted by atomic mass is 10.6. The molecule has 0 fully saturated rings. The van der Waals surface area contributed by atoms with Crippen molar-refractivity contribution >= 4 is 0 Å². The van der Waals surface area contributed by atoms with E-state index in [-0.39, 0.29) is 0 Å². The second kappa shape index (κ2) is 1.90. The van der Waals surface area contributed by atoms with Gasteiger partial charge in [0.2, 0.25) is 0 Å². The zero-order valence-electron chi connectivity index (χ0n) is 4.68. The molecule has 0 unspecified atom stereocenters. The first kappa shape index (κ1) is 6.40. The predicted molar refractivity (Wildman–Crippen MR) is 28.7 cm³/mol. The van der Waals surface area contributed by atoms with Gasteiger partial charge in [-0.15, -0.1) is 0 Å². The van der Waals surface area contributed by atoms with Crippen LogP contribution in [0.5, 0.6) is 23.5 Å². The highest BCUT2D eigenvalue weighted by Crippen LogP contribution is 2.27. The number of hydrogen-bond donors (Lipinski definition) is 4. The van der Waals surface area contributed by atoms with E-state index >= 15 is 0 Å². The summed E-state index contributed by atoms with van der Waals surface area (Å²) in [6, 6.07) is 0. The van der Waals surface area contributed by atoms with Crippen LogP contribution in [-0.4, -0.2) is 30.4 Å². The first-order valence-electron chi connectivity index (χ1n) is 2.29. The Morgan fingerprint density at radius 1 is 0.600 bits per heavy atom. The quantitative estimate of drug-likeness (QED) is 0.383. The van der Waals surface area contributed by atoms with Crippen LogP contribution in [0.1, 0.15) is 0 Å². The fourth-order valence-corrected chi connectivity index (χ4v) is 0.401. The standard InChI is InChI=1S/C4H4N2O4/c7-1-2(8)6-4(10)3(9)5-1/h(H2,5,7,9)(H2,6,8,10). The lowest BCUT2D eigenvalue weighted by Gasteiger charge is -1.96. The van der Waals surface area contributed by atoms with Gasteiger partial charge in [0.15, 0.2) is 0 Å². The van der Waals surface area contributed by atoms with Crippen LogP contribution in [0.2, 0.25) is 0 Å². The van der Waals surface area contributed by atoms with E-state index in [2.05, 4.69) is 9.97 Å². The maximum atomic E-state index is 8.53. The molecule has 10 heavy (non-hydrogen) atoms. The third kappa shape index (κ3) is 0.859. The normalized spacial score (nSPS) is 9.60. The van der Waals surface area contributed by atoms with Gasteiger partial charge in [0, 0.05) is 0 Å². The number of aromatic nitrogens is 2. The minimum absolute atomic E-state index is 0.824. The summed E-state index contributed by atoms with van der Waals surface area (Å²) in [6.45, 7) is 0. The molecule has 0 aliphatic carbocycles. The van der Waals surface area contributed by atoms with Gasteiger partial charge in [0.1, 0.15) is 0 Å². The molecule has 6 heteroatoms. The molecule has 0 aliphatic rings. The number of rotatable bonds is 0. The fourth-order valence-electron chi connectivity index (χ4n) is 0.401. The average molecular weight is 144 g/mol. The van der Waals surface area contributed by atoms with E-state index in [0.717, 1.165) is 0 Å². The monoisotopic (exact) mass is 144 g/mol. The van der Waals surface area contributed by atoms with Crippen molar-refractivity contribution in [1.82, 2.24) is 9.97 Å². The Morgan fingerprint density at radius 2 is 0.800 bits per heavy atom. The molecule has 1 heterocycles. The number of aromatic hydroxyl groups is 4. The summed E-state index contributed by atoms with van der Waals surface area (Å²) in [5.41, 5.74) is 0. The molecule has 0 amide bonds. The number of nitrogens with zero attached hydrogens (tertiary/aromatic N) is 2. The lowest BCUT2D eigenvalue weighted by Crippen LogP contribution is -1.82. The molecule has 54 valence electrons. The molecule has 0 radical (unpaired) electrons. The average Bonchev–Trinajstić information content (AvgIpc) is 1.84. The van der Waals surface area contributed by atoms with Crippen LogP contribution < -0.4 is 0 Å². The van der Waals surface area contributed by atoms with E-state index in [1.54, 1.807) is 0 Å².